The van der Waals surface area contributed by atoms with Crippen molar-refractivity contribution in [1.82, 2.24) is 4.98 Å². The molecule has 0 radical (unpaired) electrons. The third-order valence-corrected chi connectivity index (χ3v) is 4.77. The summed E-state index contributed by atoms with van der Waals surface area (Å²) >= 11 is 1.36. The molecule has 1 aromatic heterocycles. The Morgan fingerprint density at radius 1 is 1.50 bits per heavy atom. The van der Waals surface area contributed by atoms with Crippen LogP contribution >= 0.6 is 18.9 Å². The Morgan fingerprint density at radius 2 is 2.17 bits per heavy atom. The quantitative estimate of drug-likeness (QED) is 0.315. The minimum atomic E-state index is -3.11. The average Bonchev–Trinajstić information content (AvgIpc) is 2.74. The molecule has 0 saturated heterocycles. The van der Waals surface area contributed by atoms with Gasteiger partial charge >= 0.3 is 7.60 Å². The van der Waals surface area contributed by atoms with E-state index in [1.165, 1.54) is 11.3 Å². The number of nitrogens with zero attached hydrogens (tertiary/aromatic N) is 4. The molecule has 18 heavy (non-hydrogen) atoms. The maximum Gasteiger partial charge on any atom is 0.336 e. The molecule has 0 bridgehead atoms. The molecule has 0 spiro atoms. The molecule has 0 N–H and O–H groups in total. The first-order valence-electron chi connectivity index (χ1n) is 5.45. The molecule has 0 fully saturated rings. The van der Waals surface area contributed by atoms with Crippen molar-refractivity contribution in [1.29, 1.82) is 0 Å². The van der Waals surface area contributed by atoms with Crippen LogP contribution in [0.15, 0.2) is 10.5 Å². The maximum absolute atomic E-state index is 12.2. The van der Waals surface area contributed by atoms with Gasteiger partial charge in [0, 0.05) is 10.3 Å². The van der Waals surface area contributed by atoms with Crippen molar-refractivity contribution in [3.63, 3.8) is 0 Å². The molecular weight excluding hydrogens is 275 g/mol. The van der Waals surface area contributed by atoms with Crippen molar-refractivity contribution in [2.24, 2.45) is 5.11 Å². The van der Waals surface area contributed by atoms with Gasteiger partial charge in [-0.05, 0) is 19.4 Å². The lowest BCUT2D eigenvalue weighted by Gasteiger charge is -2.15. The van der Waals surface area contributed by atoms with E-state index in [-0.39, 0.29) is 12.7 Å². The molecule has 0 aliphatic rings. The number of rotatable bonds is 8. The summed E-state index contributed by atoms with van der Waals surface area (Å²) in [6.45, 7) is 4.38. The third-order valence-electron chi connectivity index (χ3n) is 1.88. The summed E-state index contributed by atoms with van der Waals surface area (Å²) in [5.74, 6) is 0. The van der Waals surface area contributed by atoms with Crippen LogP contribution in [0.2, 0.25) is 0 Å². The monoisotopic (exact) mass is 290 g/mol. The zero-order chi connectivity index (χ0) is 13.4. The zero-order valence-corrected chi connectivity index (χ0v) is 12.0. The molecule has 0 saturated carbocycles. The topological polar surface area (TPSA) is 97.2 Å². The van der Waals surface area contributed by atoms with Gasteiger partial charge in [-0.25, -0.2) is 4.98 Å². The maximum atomic E-state index is 12.2. The second kappa shape index (κ2) is 7.51. The van der Waals surface area contributed by atoms with Gasteiger partial charge in [0.1, 0.15) is 0 Å². The van der Waals surface area contributed by atoms with Crippen molar-refractivity contribution in [2.45, 2.75) is 26.6 Å². The number of hydrogen-bond acceptors (Lipinski definition) is 6. The summed E-state index contributed by atoms with van der Waals surface area (Å²) < 4.78 is 22.6. The molecule has 1 rings (SSSR count). The highest BCUT2D eigenvalue weighted by Crippen LogP contribution is 2.51. The molecule has 1 aromatic rings. The van der Waals surface area contributed by atoms with Gasteiger partial charge in [-0.3, -0.25) is 4.57 Å². The van der Waals surface area contributed by atoms with E-state index in [9.17, 15) is 4.57 Å². The normalized spacial score (nSPS) is 11.2. The Labute approximate surface area is 109 Å². The van der Waals surface area contributed by atoms with Gasteiger partial charge in [-0.15, -0.1) is 11.3 Å². The van der Waals surface area contributed by atoms with Crippen LogP contribution in [0.25, 0.3) is 10.4 Å². The predicted molar refractivity (Wildman–Crippen MR) is 69.5 cm³/mol. The summed E-state index contributed by atoms with van der Waals surface area (Å²) in [6, 6.07) is 0. The number of azide groups is 1. The van der Waals surface area contributed by atoms with Crippen molar-refractivity contribution >= 4 is 18.9 Å². The van der Waals surface area contributed by atoms with Crippen LogP contribution in [0.4, 0.5) is 0 Å². The summed E-state index contributed by atoms with van der Waals surface area (Å²) in [5, 5.41) is 5.87. The fraction of sp³-hybridized carbons (Fsp3) is 0.667. The lowest BCUT2D eigenvalue weighted by molar-refractivity contribution is 0.219. The van der Waals surface area contributed by atoms with Crippen LogP contribution in [-0.2, 0) is 26.3 Å². The van der Waals surface area contributed by atoms with Crippen molar-refractivity contribution in [3.05, 3.63) is 26.5 Å². The SMILES string of the molecule is CCOP(=O)(Cc1csc(CN=[N+]=[N-])n1)OCC. The molecular formula is C9H15N4O3PS. The standard InChI is InChI=1S/C9H15N4O3PS/c1-3-15-17(14,16-4-2)6-8-7-18-9(12-8)5-11-13-10/h7H,3-6H2,1-2H3. The molecule has 0 amide bonds. The van der Waals surface area contributed by atoms with Gasteiger partial charge < -0.3 is 9.05 Å². The lowest BCUT2D eigenvalue weighted by Crippen LogP contribution is -1.99. The van der Waals surface area contributed by atoms with Crippen molar-refractivity contribution < 1.29 is 13.6 Å². The third kappa shape index (κ3) is 4.76. The summed E-state index contributed by atoms with van der Waals surface area (Å²) in [4.78, 5) is 6.88. The van der Waals surface area contributed by atoms with E-state index in [2.05, 4.69) is 15.0 Å². The highest BCUT2D eigenvalue weighted by molar-refractivity contribution is 7.53. The molecule has 7 nitrogen and oxygen atoms in total. The Bertz CT molecular complexity index is 462. The van der Waals surface area contributed by atoms with Crippen LogP contribution in [-0.4, -0.2) is 18.2 Å². The first kappa shape index (κ1) is 15.1. The van der Waals surface area contributed by atoms with Crippen LogP contribution in [0.1, 0.15) is 24.5 Å². The van der Waals surface area contributed by atoms with Gasteiger partial charge in [0.25, 0.3) is 0 Å². The second-order valence-corrected chi connectivity index (χ2v) is 6.22. The lowest BCUT2D eigenvalue weighted by atomic mass is 10.6. The Hall–Kier alpha value is -0.910. The Balaban J connectivity index is 2.72. The van der Waals surface area contributed by atoms with E-state index < -0.39 is 7.60 Å². The minimum absolute atomic E-state index is 0.140. The van der Waals surface area contributed by atoms with E-state index >= 15 is 0 Å². The van der Waals surface area contributed by atoms with Gasteiger partial charge in [0.05, 0.1) is 36.6 Å². The number of thiazole rings is 1. The van der Waals surface area contributed by atoms with Gasteiger partial charge in [0.2, 0.25) is 0 Å². The molecule has 100 valence electrons. The average molecular weight is 290 g/mol. The van der Waals surface area contributed by atoms with Gasteiger partial charge in [-0.2, -0.15) is 0 Å². The van der Waals surface area contributed by atoms with Gasteiger partial charge in [0.15, 0.2) is 0 Å². The first-order valence-corrected chi connectivity index (χ1v) is 8.06. The second-order valence-electron chi connectivity index (χ2n) is 3.23. The van der Waals surface area contributed by atoms with E-state index in [0.29, 0.717) is 23.9 Å². The van der Waals surface area contributed by atoms with Crippen LogP contribution in [0.5, 0.6) is 0 Å². The van der Waals surface area contributed by atoms with Gasteiger partial charge in [-0.1, -0.05) is 5.11 Å². The van der Waals surface area contributed by atoms with E-state index in [0.717, 1.165) is 0 Å². The molecule has 1 heterocycles. The Kier molecular flexibility index (Phi) is 6.32. The summed E-state index contributed by atoms with van der Waals surface area (Å²) in [6.07, 6.45) is 0.140. The molecule has 0 unspecified atom stereocenters. The fourth-order valence-corrected chi connectivity index (χ4v) is 3.74. The highest BCUT2D eigenvalue weighted by Gasteiger charge is 2.25. The largest absolute Gasteiger partial charge is 0.336 e. The molecule has 0 aliphatic carbocycles. The molecule has 0 aliphatic heterocycles. The van der Waals surface area contributed by atoms with E-state index in [4.69, 9.17) is 14.6 Å². The number of hydrogen-bond donors (Lipinski definition) is 0. The first-order chi connectivity index (χ1) is 8.63. The molecule has 9 heteroatoms. The molecule has 0 atom stereocenters. The van der Waals surface area contributed by atoms with Crippen molar-refractivity contribution in [2.75, 3.05) is 13.2 Å². The van der Waals surface area contributed by atoms with Crippen molar-refractivity contribution in [3.8, 4) is 0 Å². The predicted octanol–water partition coefficient (Wildman–Crippen LogP) is 3.72. The highest BCUT2D eigenvalue weighted by atomic mass is 32.1. The van der Waals surface area contributed by atoms with Crippen LogP contribution in [0, 0.1) is 0 Å². The minimum Gasteiger partial charge on any atom is -0.309 e. The van der Waals surface area contributed by atoms with E-state index in [1.807, 2.05) is 0 Å². The smallest absolute Gasteiger partial charge is 0.309 e. The zero-order valence-electron chi connectivity index (χ0n) is 10.3. The number of aromatic nitrogens is 1. The molecule has 0 aromatic carbocycles. The fourth-order valence-electron chi connectivity index (χ4n) is 1.31. The Morgan fingerprint density at radius 3 is 2.72 bits per heavy atom. The summed E-state index contributed by atoms with van der Waals surface area (Å²) in [5.41, 5.74) is 8.84. The summed E-state index contributed by atoms with van der Waals surface area (Å²) in [7, 11) is -3.11. The van der Waals surface area contributed by atoms with Crippen LogP contribution in [0.3, 0.4) is 0 Å². The van der Waals surface area contributed by atoms with E-state index in [1.54, 1.807) is 19.2 Å². The van der Waals surface area contributed by atoms with Crippen LogP contribution < -0.4 is 0 Å².